The van der Waals surface area contributed by atoms with E-state index in [2.05, 4.69) is 10.6 Å². The quantitative estimate of drug-likeness (QED) is 0.792. The average Bonchev–Trinajstić information content (AvgIpc) is 2.36. The van der Waals surface area contributed by atoms with Crippen molar-refractivity contribution in [2.45, 2.75) is 38.4 Å². The van der Waals surface area contributed by atoms with Crippen LogP contribution in [-0.4, -0.2) is 42.6 Å². The molecule has 2 rings (SSSR count). The average molecular weight is 308 g/mol. The minimum atomic E-state index is -0.765. The smallest absolute Gasteiger partial charge is 0.412 e. The summed E-state index contributed by atoms with van der Waals surface area (Å²) in [5, 5.41) is 16.1. The molecule has 1 aromatic carbocycles. The highest BCUT2D eigenvalue weighted by atomic mass is 16.6. The second kappa shape index (κ2) is 6.14. The maximum absolute atomic E-state index is 12.0. The van der Waals surface area contributed by atoms with Crippen LogP contribution in [0.5, 0.6) is 5.75 Å². The molecule has 0 saturated carbocycles. The van der Waals surface area contributed by atoms with Crippen molar-refractivity contribution in [2.24, 2.45) is 0 Å². The topological polar surface area (TPSA) is 79.8 Å². The van der Waals surface area contributed by atoms with Crippen molar-refractivity contribution < 1.29 is 19.4 Å². The lowest BCUT2D eigenvalue weighted by Crippen LogP contribution is -2.60. The van der Waals surface area contributed by atoms with Crippen molar-refractivity contribution >= 4 is 11.8 Å². The molecule has 3 N–H and O–H groups in total. The first-order valence-corrected chi connectivity index (χ1v) is 7.31. The van der Waals surface area contributed by atoms with Crippen LogP contribution in [0.25, 0.3) is 0 Å². The van der Waals surface area contributed by atoms with Crippen LogP contribution >= 0.6 is 0 Å². The zero-order valence-electron chi connectivity index (χ0n) is 13.5. The van der Waals surface area contributed by atoms with Crippen LogP contribution in [0.3, 0.4) is 0 Å². The second-order valence-corrected chi connectivity index (χ2v) is 6.65. The summed E-state index contributed by atoms with van der Waals surface area (Å²) < 4.78 is 10.5. The molecule has 6 heteroatoms. The van der Waals surface area contributed by atoms with Gasteiger partial charge in [0.1, 0.15) is 11.4 Å². The SMILES string of the molecule is COc1ccc(CC2(O)CNC2)c(NC(=O)OC(C)(C)C)c1. The Morgan fingerprint density at radius 3 is 2.59 bits per heavy atom. The zero-order chi connectivity index (χ0) is 16.4. The van der Waals surface area contributed by atoms with Crippen molar-refractivity contribution in [1.29, 1.82) is 0 Å². The molecule has 22 heavy (non-hydrogen) atoms. The van der Waals surface area contributed by atoms with Crippen LogP contribution in [0.4, 0.5) is 10.5 Å². The predicted octanol–water partition coefficient (Wildman–Crippen LogP) is 1.92. The van der Waals surface area contributed by atoms with Crippen LogP contribution in [0, 0.1) is 0 Å². The highest BCUT2D eigenvalue weighted by Crippen LogP contribution is 2.28. The standard InChI is InChI=1S/C16H24N2O4/c1-15(2,3)22-14(19)18-13-7-12(21-4)6-5-11(13)8-16(20)9-17-10-16/h5-7,17,20H,8-10H2,1-4H3,(H,18,19). The van der Waals surface area contributed by atoms with Crippen LogP contribution in [0.1, 0.15) is 26.3 Å². The van der Waals surface area contributed by atoms with Crippen molar-refractivity contribution in [1.82, 2.24) is 5.32 Å². The van der Waals surface area contributed by atoms with Crippen LogP contribution in [0.2, 0.25) is 0 Å². The lowest BCUT2D eigenvalue weighted by molar-refractivity contribution is -0.00895. The Morgan fingerprint density at radius 2 is 2.09 bits per heavy atom. The Bertz CT molecular complexity index is 548. The van der Waals surface area contributed by atoms with Gasteiger partial charge in [-0.05, 0) is 32.4 Å². The van der Waals surface area contributed by atoms with E-state index in [0.29, 0.717) is 30.9 Å². The largest absolute Gasteiger partial charge is 0.497 e. The summed E-state index contributed by atoms with van der Waals surface area (Å²) >= 11 is 0. The number of anilines is 1. The molecule has 1 aliphatic heterocycles. The van der Waals surface area contributed by atoms with E-state index in [1.807, 2.05) is 32.9 Å². The van der Waals surface area contributed by atoms with E-state index in [9.17, 15) is 9.90 Å². The molecule has 0 atom stereocenters. The van der Waals surface area contributed by atoms with Crippen LogP contribution in [-0.2, 0) is 11.2 Å². The van der Waals surface area contributed by atoms with Gasteiger partial charge in [-0.3, -0.25) is 5.32 Å². The summed E-state index contributed by atoms with van der Waals surface area (Å²) in [4.78, 5) is 12.0. The third kappa shape index (κ3) is 4.35. The maximum atomic E-state index is 12.0. The lowest BCUT2D eigenvalue weighted by Gasteiger charge is -2.38. The fourth-order valence-electron chi connectivity index (χ4n) is 2.26. The maximum Gasteiger partial charge on any atom is 0.412 e. The summed E-state index contributed by atoms with van der Waals surface area (Å²) in [6.45, 7) is 6.52. The van der Waals surface area contributed by atoms with E-state index in [0.717, 1.165) is 5.56 Å². The van der Waals surface area contributed by atoms with Gasteiger partial charge in [0.2, 0.25) is 0 Å². The highest BCUT2D eigenvalue weighted by molar-refractivity contribution is 5.86. The van der Waals surface area contributed by atoms with Gasteiger partial charge in [0.25, 0.3) is 0 Å². The molecular formula is C16H24N2O4. The minimum Gasteiger partial charge on any atom is -0.497 e. The summed E-state index contributed by atoms with van der Waals surface area (Å²) in [7, 11) is 1.57. The molecule has 1 fully saturated rings. The molecule has 122 valence electrons. The first kappa shape index (κ1) is 16.6. The summed E-state index contributed by atoms with van der Waals surface area (Å²) in [6, 6.07) is 5.39. The van der Waals surface area contributed by atoms with Gasteiger partial charge >= 0.3 is 6.09 Å². The summed E-state index contributed by atoms with van der Waals surface area (Å²) in [5.41, 5.74) is 0.0996. The molecule has 0 aliphatic carbocycles. The van der Waals surface area contributed by atoms with Gasteiger partial charge in [0.05, 0.1) is 18.4 Å². The first-order valence-electron chi connectivity index (χ1n) is 7.31. The van der Waals surface area contributed by atoms with Gasteiger partial charge in [0.15, 0.2) is 0 Å². The number of hydrogen-bond acceptors (Lipinski definition) is 5. The molecule has 1 heterocycles. The van der Waals surface area contributed by atoms with Crippen LogP contribution < -0.4 is 15.4 Å². The van der Waals surface area contributed by atoms with Gasteiger partial charge < -0.3 is 19.9 Å². The Hall–Kier alpha value is -1.79. The lowest BCUT2D eigenvalue weighted by atomic mass is 9.88. The molecule has 0 bridgehead atoms. The fourth-order valence-corrected chi connectivity index (χ4v) is 2.26. The Morgan fingerprint density at radius 1 is 1.41 bits per heavy atom. The molecule has 1 amide bonds. The van der Waals surface area contributed by atoms with Crippen molar-refractivity contribution in [3.05, 3.63) is 23.8 Å². The molecular weight excluding hydrogens is 284 g/mol. The monoisotopic (exact) mass is 308 g/mol. The molecule has 1 aliphatic rings. The molecule has 1 saturated heterocycles. The number of carbonyl (C=O) groups is 1. The third-order valence-electron chi connectivity index (χ3n) is 3.38. The number of benzene rings is 1. The van der Waals surface area contributed by atoms with Gasteiger partial charge in [-0.15, -0.1) is 0 Å². The van der Waals surface area contributed by atoms with Gasteiger partial charge in [-0.1, -0.05) is 6.07 Å². The van der Waals surface area contributed by atoms with Crippen LogP contribution in [0.15, 0.2) is 18.2 Å². The molecule has 0 spiro atoms. The van der Waals surface area contributed by atoms with E-state index in [1.165, 1.54) is 0 Å². The summed E-state index contributed by atoms with van der Waals surface area (Å²) in [6.07, 6.45) is -0.0736. The number of rotatable bonds is 4. The predicted molar refractivity (Wildman–Crippen MR) is 84.4 cm³/mol. The zero-order valence-corrected chi connectivity index (χ0v) is 13.5. The summed E-state index contributed by atoms with van der Waals surface area (Å²) in [5.74, 6) is 0.633. The first-order chi connectivity index (χ1) is 10.2. The second-order valence-electron chi connectivity index (χ2n) is 6.65. The Balaban J connectivity index is 2.17. The molecule has 0 aromatic heterocycles. The van der Waals surface area contributed by atoms with E-state index in [-0.39, 0.29) is 0 Å². The van der Waals surface area contributed by atoms with Gasteiger partial charge in [-0.25, -0.2) is 4.79 Å². The van der Waals surface area contributed by atoms with E-state index >= 15 is 0 Å². The number of ether oxygens (including phenoxy) is 2. The number of methoxy groups -OCH3 is 1. The van der Waals surface area contributed by atoms with Gasteiger partial charge in [-0.2, -0.15) is 0 Å². The van der Waals surface area contributed by atoms with E-state index in [1.54, 1.807) is 13.2 Å². The Labute approximate surface area is 130 Å². The number of β-amino-alcohol motifs (C(OH)–C–C–N with tert-alkyl or cyclic N) is 1. The Kier molecular flexibility index (Phi) is 4.63. The van der Waals surface area contributed by atoms with Gasteiger partial charge in [0, 0.05) is 25.6 Å². The number of nitrogens with one attached hydrogen (secondary N) is 2. The number of carbonyl (C=O) groups excluding carboxylic acids is 1. The van der Waals surface area contributed by atoms with Crippen molar-refractivity contribution in [3.8, 4) is 5.75 Å². The molecule has 0 radical (unpaired) electrons. The molecule has 0 unspecified atom stereocenters. The van der Waals surface area contributed by atoms with Crippen molar-refractivity contribution in [2.75, 3.05) is 25.5 Å². The van der Waals surface area contributed by atoms with Crippen molar-refractivity contribution in [3.63, 3.8) is 0 Å². The highest BCUT2D eigenvalue weighted by Gasteiger charge is 2.35. The molecule has 6 nitrogen and oxygen atoms in total. The number of aliphatic hydroxyl groups is 1. The number of hydrogen-bond donors (Lipinski definition) is 3. The third-order valence-corrected chi connectivity index (χ3v) is 3.38. The fraction of sp³-hybridized carbons (Fsp3) is 0.562. The molecule has 1 aromatic rings. The van der Waals surface area contributed by atoms with E-state index < -0.39 is 17.3 Å². The normalized spacial score (nSPS) is 16.6. The number of amides is 1. The van der Waals surface area contributed by atoms with E-state index in [4.69, 9.17) is 9.47 Å². The minimum absolute atomic E-state index is 0.453.